The SMILES string of the molecule is Cn1cnc2c(N(NC(=O)OC(C)(C)C)C3CCCCC3)nc(Cl)nc21. The number of hydrogen-bond donors (Lipinski definition) is 1. The molecule has 1 fully saturated rings. The molecule has 8 nitrogen and oxygen atoms in total. The first-order valence-corrected chi connectivity index (χ1v) is 9.26. The maximum absolute atomic E-state index is 12.4. The van der Waals surface area contributed by atoms with Crippen LogP contribution in [0.5, 0.6) is 0 Å². The van der Waals surface area contributed by atoms with Gasteiger partial charge < -0.3 is 9.30 Å². The van der Waals surface area contributed by atoms with E-state index in [4.69, 9.17) is 16.3 Å². The summed E-state index contributed by atoms with van der Waals surface area (Å²) >= 11 is 6.14. The maximum atomic E-state index is 12.4. The van der Waals surface area contributed by atoms with Gasteiger partial charge in [-0.25, -0.2) is 15.2 Å². The molecule has 142 valence electrons. The Labute approximate surface area is 157 Å². The zero-order valence-electron chi connectivity index (χ0n) is 15.6. The van der Waals surface area contributed by atoms with E-state index in [-0.39, 0.29) is 11.3 Å². The highest BCUT2D eigenvalue weighted by molar-refractivity contribution is 6.28. The number of nitrogens with one attached hydrogen (secondary N) is 1. The molecule has 1 N–H and O–H groups in total. The molecular weight excluding hydrogens is 356 g/mol. The molecule has 0 bridgehead atoms. The number of rotatable bonds is 3. The molecule has 0 aromatic carbocycles. The van der Waals surface area contributed by atoms with Gasteiger partial charge in [-0.3, -0.25) is 5.01 Å². The van der Waals surface area contributed by atoms with Crippen LogP contribution in [-0.4, -0.2) is 37.3 Å². The Morgan fingerprint density at radius 1 is 1.31 bits per heavy atom. The molecule has 1 aliphatic carbocycles. The first-order valence-electron chi connectivity index (χ1n) is 8.88. The number of hydrazine groups is 1. The van der Waals surface area contributed by atoms with Crippen LogP contribution in [0.1, 0.15) is 52.9 Å². The van der Waals surface area contributed by atoms with Crippen LogP contribution in [0.15, 0.2) is 6.33 Å². The number of hydrogen-bond acceptors (Lipinski definition) is 6. The van der Waals surface area contributed by atoms with Crippen molar-refractivity contribution in [2.45, 2.75) is 64.5 Å². The van der Waals surface area contributed by atoms with Gasteiger partial charge >= 0.3 is 6.09 Å². The van der Waals surface area contributed by atoms with E-state index in [0.717, 1.165) is 25.7 Å². The average molecular weight is 381 g/mol. The fourth-order valence-corrected chi connectivity index (χ4v) is 3.35. The van der Waals surface area contributed by atoms with E-state index in [1.807, 2.05) is 27.8 Å². The minimum absolute atomic E-state index is 0.104. The predicted molar refractivity (Wildman–Crippen MR) is 100 cm³/mol. The molecule has 0 spiro atoms. The Hall–Kier alpha value is -2.09. The topological polar surface area (TPSA) is 85.2 Å². The Balaban J connectivity index is 1.99. The molecule has 9 heteroatoms. The summed E-state index contributed by atoms with van der Waals surface area (Å²) in [6, 6.07) is 0.104. The first kappa shape index (κ1) is 18.7. The van der Waals surface area contributed by atoms with Gasteiger partial charge in [0.05, 0.1) is 12.4 Å². The molecule has 2 aromatic heterocycles. The summed E-state index contributed by atoms with van der Waals surface area (Å²) in [4.78, 5) is 25.5. The summed E-state index contributed by atoms with van der Waals surface area (Å²) in [7, 11) is 1.84. The summed E-state index contributed by atoms with van der Waals surface area (Å²) in [6.07, 6.45) is 6.42. The molecule has 26 heavy (non-hydrogen) atoms. The normalized spacial score (nSPS) is 15.9. The zero-order valence-corrected chi connectivity index (χ0v) is 16.4. The van der Waals surface area contributed by atoms with Gasteiger partial charge in [0.1, 0.15) is 5.60 Å². The Kier molecular flexibility index (Phi) is 5.22. The van der Waals surface area contributed by atoms with Gasteiger partial charge in [-0.15, -0.1) is 0 Å². The van der Waals surface area contributed by atoms with Crippen LogP contribution < -0.4 is 10.4 Å². The van der Waals surface area contributed by atoms with E-state index >= 15 is 0 Å². The molecule has 1 amide bonds. The van der Waals surface area contributed by atoms with Gasteiger partial charge in [-0.2, -0.15) is 9.97 Å². The van der Waals surface area contributed by atoms with Crippen LogP contribution in [0.3, 0.4) is 0 Å². The second-order valence-corrected chi connectivity index (χ2v) is 7.96. The number of amides is 1. The number of aromatic nitrogens is 4. The van der Waals surface area contributed by atoms with E-state index in [2.05, 4.69) is 20.4 Å². The molecule has 3 rings (SSSR count). The fraction of sp³-hybridized carbons (Fsp3) is 0.647. The van der Waals surface area contributed by atoms with Crippen molar-refractivity contribution in [1.29, 1.82) is 0 Å². The highest BCUT2D eigenvalue weighted by atomic mass is 35.5. The lowest BCUT2D eigenvalue weighted by molar-refractivity contribution is 0.0511. The van der Waals surface area contributed by atoms with Gasteiger partial charge in [-0.1, -0.05) is 19.3 Å². The summed E-state index contributed by atoms with van der Waals surface area (Å²) < 4.78 is 7.21. The van der Waals surface area contributed by atoms with Crippen molar-refractivity contribution in [2.24, 2.45) is 7.05 Å². The minimum Gasteiger partial charge on any atom is -0.443 e. The number of imidazole rings is 1. The van der Waals surface area contributed by atoms with Crippen molar-refractivity contribution >= 4 is 34.7 Å². The number of carbonyl (C=O) groups excluding carboxylic acids is 1. The van der Waals surface area contributed by atoms with E-state index in [9.17, 15) is 4.79 Å². The summed E-state index contributed by atoms with van der Waals surface area (Å²) in [5, 5.41) is 1.87. The Bertz CT molecular complexity index is 794. The second kappa shape index (κ2) is 7.26. The molecule has 0 atom stereocenters. The van der Waals surface area contributed by atoms with Crippen molar-refractivity contribution in [3.63, 3.8) is 0 Å². The second-order valence-electron chi connectivity index (χ2n) is 7.62. The minimum atomic E-state index is -0.591. The zero-order chi connectivity index (χ0) is 18.9. The summed E-state index contributed by atoms with van der Waals surface area (Å²) in [6.45, 7) is 5.49. The van der Waals surface area contributed by atoms with Crippen molar-refractivity contribution in [3.8, 4) is 0 Å². The lowest BCUT2D eigenvalue weighted by Gasteiger charge is -2.35. The lowest BCUT2D eigenvalue weighted by Crippen LogP contribution is -2.51. The molecule has 0 unspecified atom stereocenters. The third-order valence-electron chi connectivity index (χ3n) is 4.29. The molecule has 0 radical (unpaired) electrons. The third-order valence-corrected chi connectivity index (χ3v) is 4.46. The summed E-state index contributed by atoms with van der Waals surface area (Å²) in [5.41, 5.74) is 3.48. The molecule has 2 aromatic rings. The fourth-order valence-electron chi connectivity index (χ4n) is 3.19. The van der Waals surface area contributed by atoms with Crippen molar-refractivity contribution in [3.05, 3.63) is 11.6 Å². The summed E-state index contributed by atoms with van der Waals surface area (Å²) in [5.74, 6) is 0.498. The molecule has 0 saturated heterocycles. The first-order chi connectivity index (χ1) is 12.2. The third kappa shape index (κ3) is 4.17. The molecule has 2 heterocycles. The molecule has 1 aliphatic rings. The highest BCUT2D eigenvalue weighted by Crippen LogP contribution is 2.29. The van der Waals surface area contributed by atoms with Gasteiger partial charge in [0.25, 0.3) is 0 Å². The molecule has 1 saturated carbocycles. The van der Waals surface area contributed by atoms with Crippen molar-refractivity contribution in [2.75, 3.05) is 5.01 Å². The molecular formula is C17H25ClN6O2. The van der Waals surface area contributed by atoms with E-state index in [0.29, 0.717) is 17.0 Å². The van der Waals surface area contributed by atoms with Crippen molar-refractivity contribution in [1.82, 2.24) is 24.9 Å². The number of fused-ring (bicyclic) bond motifs is 1. The number of aryl methyl sites for hydroxylation is 1. The number of carbonyl (C=O) groups is 1. The number of halogens is 1. The Morgan fingerprint density at radius 2 is 2.00 bits per heavy atom. The smallest absolute Gasteiger partial charge is 0.426 e. The van der Waals surface area contributed by atoms with Crippen LogP contribution >= 0.6 is 11.6 Å². The quantitative estimate of drug-likeness (QED) is 0.646. The van der Waals surface area contributed by atoms with E-state index < -0.39 is 11.7 Å². The van der Waals surface area contributed by atoms with E-state index in [1.54, 1.807) is 15.9 Å². The standard InChI is InChI=1S/C17H25ClN6O2/c1-17(2,3)26-16(25)22-24(11-8-6-5-7-9-11)14-12-13(20-15(18)21-14)23(4)10-19-12/h10-11H,5-9H2,1-4H3,(H,22,25). The van der Waals surface area contributed by atoms with Crippen LogP contribution in [0.25, 0.3) is 11.2 Å². The highest BCUT2D eigenvalue weighted by Gasteiger charge is 2.29. The monoisotopic (exact) mass is 380 g/mol. The number of anilines is 1. The molecule has 0 aliphatic heterocycles. The average Bonchev–Trinajstić information content (AvgIpc) is 2.92. The number of nitrogens with zero attached hydrogens (tertiary/aromatic N) is 5. The van der Waals surface area contributed by atoms with Gasteiger partial charge in [0.2, 0.25) is 5.28 Å². The van der Waals surface area contributed by atoms with Gasteiger partial charge in [0, 0.05) is 7.05 Å². The van der Waals surface area contributed by atoms with Crippen LogP contribution in [0.2, 0.25) is 5.28 Å². The maximum Gasteiger partial charge on any atom is 0.426 e. The predicted octanol–water partition coefficient (Wildman–Crippen LogP) is 3.60. The van der Waals surface area contributed by atoms with E-state index in [1.165, 1.54) is 6.42 Å². The largest absolute Gasteiger partial charge is 0.443 e. The van der Waals surface area contributed by atoms with Crippen LogP contribution in [-0.2, 0) is 11.8 Å². The van der Waals surface area contributed by atoms with Gasteiger partial charge in [-0.05, 0) is 45.2 Å². The Morgan fingerprint density at radius 3 is 2.65 bits per heavy atom. The van der Waals surface area contributed by atoms with Crippen LogP contribution in [0, 0.1) is 0 Å². The van der Waals surface area contributed by atoms with Crippen LogP contribution in [0.4, 0.5) is 10.6 Å². The number of ether oxygens (including phenoxy) is 1. The van der Waals surface area contributed by atoms with Crippen molar-refractivity contribution < 1.29 is 9.53 Å². The van der Waals surface area contributed by atoms with Gasteiger partial charge in [0.15, 0.2) is 17.0 Å². The lowest BCUT2D eigenvalue weighted by atomic mass is 9.95.